The van der Waals surface area contributed by atoms with Crippen LogP contribution in [0.1, 0.15) is 5.56 Å². The van der Waals surface area contributed by atoms with Crippen LogP contribution in [-0.2, 0) is 11.2 Å². The molecule has 1 aromatic rings. The van der Waals surface area contributed by atoms with E-state index in [2.05, 4.69) is 9.88 Å². The van der Waals surface area contributed by atoms with Crippen molar-refractivity contribution in [3.8, 4) is 0 Å². The number of nitrogens with zero attached hydrogens (tertiary/aromatic N) is 2. The van der Waals surface area contributed by atoms with E-state index in [0.29, 0.717) is 18.1 Å². The van der Waals surface area contributed by atoms with E-state index >= 15 is 0 Å². The van der Waals surface area contributed by atoms with Gasteiger partial charge in [-0.2, -0.15) is 0 Å². The molecular weight excluding hydrogens is 240 g/mol. The molecule has 2 rings (SSSR count). The summed E-state index contributed by atoms with van der Waals surface area (Å²) in [5.74, 6) is 0. The monoisotopic (exact) mass is 256 g/mol. The van der Waals surface area contributed by atoms with Crippen LogP contribution in [0.15, 0.2) is 18.5 Å². The molecule has 1 aliphatic heterocycles. The largest absolute Gasteiger partial charge is 0.390 e. The SMILES string of the molecule is CN1CCOC(C(O)Cc2ccncc2Cl)C1. The van der Waals surface area contributed by atoms with Gasteiger partial charge in [0, 0.05) is 31.9 Å². The molecule has 4 nitrogen and oxygen atoms in total. The lowest BCUT2D eigenvalue weighted by Crippen LogP contribution is -2.46. The Kier molecular flexibility index (Phi) is 4.34. The number of aliphatic hydroxyl groups excluding tert-OH is 1. The highest BCUT2D eigenvalue weighted by atomic mass is 35.5. The number of aliphatic hydroxyl groups is 1. The molecule has 0 aromatic carbocycles. The van der Waals surface area contributed by atoms with E-state index in [9.17, 15) is 5.11 Å². The number of rotatable bonds is 3. The molecule has 0 spiro atoms. The summed E-state index contributed by atoms with van der Waals surface area (Å²) in [6.45, 7) is 2.34. The van der Waals surface area contributed by atoms with Crippen molar-refractivity contribution in [3.63, 3.8) is 0 Å². The second-order valence-electron chi connectivity index (χ2n) is 4.41. The molecule has 2 unspecified atom stereocenters. The van der Waals surface area contributed by atoms with Crippen LogP contribution in [0.3, 0.4) is 0 Å². The maximum Gasteiger partial charge on any atom is 0.0964 e. The van der Waals surface area contributed by atoms with Crippen molar-refractivity contribution in [2.45, 2.75) is 18.6 Å². The average Bonchev–Trinajstić information content (AvgIpc) is 2.32. The summed E-state index contributed by atoms with van der Waals surface area (Å²) in [5, 5.41) is 10.7. The topological polar surface area (TPSA) is 45.6 Å². The van der Waals surface area contributed by atoms with E-state index in [-0.39, 0.29) is 6.10 Å². The number of likely N-dealkylation sites (N-methyl/N-ethyl adjacent to an activating group) is 1. The predicted octanol–water partition coefficient (Wildman–Crippen LogP) is 0.969. The van der Waals surface area contributed by atoms with Crippen LogP contribution in [0, 0.1) is 0 Å². The van der Waals surface area contributed by atoms with Crippen molar-refractivity contribution < 1.29 is 9.84 Å². The molecule has 94 valence electrons. The van der Waals surface area contributed by atoms with Gasteiger partial charge in [-0.05, 0) is 18.7 Å². The number of hydrogen-bond acceptors (Lipinski definition) is 4. The zero-order chi connectivity index (χ0) is 12.3. The van der Waals surface area contributed by atoms with E-state index in [1.54, 1.807) is 12.4 Å². The molecule has 2 atom stereocenters. The van der Waals surface area contributed by atoms with Crippen molar-refractivity contribution in [2.24, 2.45) is 0 Å². The Hall–Kier alpha value is -0.680. The number of morpholine rings is 1. The number of ether oxygens (including phenoxy) is 1. The normalized spacial score (nSPS) is 23.6. The summed E-state index contributed by atoms with van der Waals surface area (Å²) in [5.41, 5.74) is 0.908. The molecule has 1 saturated heterocycles. The minimum Gasteiger partial charge on any atom is -0.390 e. The number of halogens is 1. The quantitative estimate of drug-likeness (QED) is 0.876. The lowest BCUT2D eigenvalue weighted by atomic mass is 10.0. The van der Waals surface area contributed by atoms with Gasteiger partial charge < -0.3 is 14.7 Å². The van der Waals surface area contributed by atoms with Crippen molar-refractivity contribution in [2.75, 3.05) is 26.7 Å². The molecule has 1 fully saturated rings. The highest BCUT2D eigenvalue weighted by Gasteiger charge is 2.25. The molecule has 0 bridgehead atoms. The van der Waals surface area contributed by atoms with Crippen molar-refractivity contribution in [3.05, 3.63) is 29.0 Å². The predicted molar refractivity (Wildman–Crippen MR) is 66.2 cm³/mol. The van der Waals surface area contributed by atoms with Crippen LogP contribution in [0.4, 0.5) is 0 Å². The van der Waals surface area contributed by atoms with Crippen molar-refractivity contribution in [1.82, 2.24) is 9.88 Å². The maximum absolute atomic E-state index is 10.1. The zero-order valence-corrected chi connectivity index (χ0v) is 10.6. The van der Waals surface area contributed by atoms with E-state index in [1.807, 2.05) is 13.1 Å². The third-order valence-electron chi connectivity index (χ3n) is 3.01. The molecule has 0 saturated carbocycles. The Morgan fingerprint density at radius 1 is 1.71 bits per heavy atom. The molecule has 2 heterocycles. The van der Waals surface area contributed by atoms with Gasteiger partial charge in [0.1, 0.15) is 0 Å². The minimum absolute atomic E-state index is 0.141. The third kappa shape index (κ3) is 3.39. The second kappa shape index (κ2) is 5.78. The van der Waals surface area contributed by atoms with E-state index in [0.717, 1.165) is 18.7 Å². The van der Waals surface area contributed by atoms with Gasteiger partial charge in [-0.15, -0.1) is 0 Å². The Labute approximate surface area is 106 Å². The summed E-state index contributed by atoms with van der Waals surface area (Å²) in [4.78, 5) is 6.08. The first-order valence-corrected chi connectivity index (χ1v) is 6.11. The molecule has 1 aliphatic rings. The fraction of sp³-hybridized carbons (Fsp3) is 0.583. The van der Waals surface area contributed by atoms with E-state index < -0.39 is 6.10 Å². The molecule has 0 amide bonds. The number of pyridine rings is 1. The molecule has 0 radical (unpaired) electrons. The molecule has 0 aliphatic carbocycles. The van der Waals surface area contributed by atoms with Crippen LogP contribution < -0.4 is 0 Å². The summed E-state index contributed by atoms with van der Waals surface area (Å²) in [6, 6.07) is 1.83. The third-order valence-corrected chi connectivity index (χ3v) is 3.35. The Morgan fingerprint density at radius 2 is 2.53 bits per heavy atom. The highest BCUT2D eigenvalue weighted by Crippen LogP contribution is 2.18. The van der Waals surface area contributed by atoms with Gasteiger partial charge in [-0.3, -0.25) is 4.98 Å². The van der Waals surface area contributed by atoms with Gasteiger partial charge in [0.2, 0.25) is 0 Å². The summed E-state index contributed by atoms with van der Waals surface area (Å²) in [7, 11) is 2.03. The average molecular weight is 257 g/mol. The van der Waals surface area contributed by atoms with E-state index in [4.69, 9.17) is 16.3 Å². The maximum atomic E-state index is 10.1. The minimum atomic E-state index is -0.530. The van der Waals surface area contributed by atoms with Crippen molar-refractivity contribution >= 4 is 11.6 Å². The van der Waals surface area contributed by atoms with Crippen LogP contribution >= 0.6 is 11.6 Å². The van der Waals surface area contributed by atoms with E-state index in [1.165, 1.54) is 0 Å². The smallest absolute Gasteiger partial charge is 0.0964 e. The van der Waals surface area contributed by atoms with Crippen LogP contribution in [-0.4, -0.2) is 53.9 Å². The van der Waals surface area contributed by atoms with Gasteiger partial charge in [0.15, 0.2) is 0 Å². The Balaban J connectivity index is 1.96. The molecule has 17 heavy (non-hydrogen) atoms. The molecule has 1 N–H and O–H groups in total. The first kappa shape index (κ1) is 12.8. The lowest BCUT2D eigenvalue weighted by Gasteiger charge is -2.33. The summed E-state index contributed by atoms with van der Waals surface area (Å²) < 4.78 is 5.57. The fourth-order valence-electron chi connectivity index (χ4n) is 1.97. The number of aromatic nitrogens is 1. The van der Waals surface area contributed by atoms with Gasteiger partial charge >= 0.3 is 0 Å². The molecule has 1 aromatic heterocycles. The molecule has 5 heteroatoms. The van der Waals surface area contributed by atoms with Gasteiger partial charge in [-0.1, -0.05) is 11.6 Å². The summed E-state index contributed by atoms with van der Waals surface area (Å²) in [6.07, 6.45) is 3.11. The van der Waals surface area contributed by atoms with Crippen LogP contribution in [0.2, 0.25) is 5.02 Å². The second-order valence-corrected chi connectivity index (χ2v) is 4.82. The lowest BCUT2D eigenvalue weighted by molar-refractivity contribution is -0.0823. The summed E-state index contributed by atoms with van der Waals surface area (Å²) >= 11 is 6.01. The number of hydrogen-bond donors (Lipinski definition) is 1. The van der Waals surface area contributed by atoms with Gasteiger partial charge in [0.05, 0.1) is 23.8 Å². The first-order valence-electron chi connectivity index (χ1n) is 5.73. The zero-order valence-electron chi connectivity index (χ0n) is 9.84. The fourth-order valence-corrected chi connectivity index (χ4v) is 2.17. The Bertz CT molecular complexity index is 375. The van der Waals surface area contributed by atoms with Gasteiger partial charge in [0.25, 0.3) is 0 Å². The van der Waals surface area contributed by atoms with Crippen molar-refractivity contribution in [1.29, 1.82) is 0 Å². The van der Waals surface area contributed by atoms with Crippen LogP contribution in [0.5, 0.6) is 0 Å². The van der Waals surface area contributed by atoms with Crippen LogP contribution in [0.25, 0.3) is 0 Å². The standard InChI is InChI=1S/C12H17ClN2O2/c1-15-4-5-17-12(8-15)11(16)6-9-2-3-14-7-10(9)13/h2-3,7,11-12,16H,4-6,8H2,1H3. The highest BCUT2D eigenvalue weighted by molar-refractivity contribution is 6.31. The Morgan fingerprint density at radius 3 is 3.24 bits per heavy atom. The molecular formula is C12H17ClN2O2. The first-order chi connectivity index (χ1) is 8.16. The van der Waals surface area contributed by atoms with Gasteiger partial charge in [-0.25, -0.2) is 0 Å².